The number of aromatic nitrogens is 1. The van der Waals surface area contributed by atoms with Crippen molar-refractivity contribution < 1.29 is 26.0 Å². The molecule has 0 spiro atoms. The van der Waals surface area contributed by atoms with Gasteiger partial charge in [0.05, 0.1) is 10.4 Å². The standard InChI is InChI=1S/C20H20F4N2O2S/c1-11-7-12(2)19(13(3)8-11)29(27,28)26-17(20(22,23)24)9-14-10-25-18-15(14)5-4-6-16(18)21/h4-8,10,17,25-26H,9H2,1-3H3. The van der Waals surface area contributed by atoms with Crippen molar-refractivity contribution >= 4 is 20.9 Å². The van der Waals surface area contributed by atoms with Crippen LogP contribution in [0.3, 0.4) is 0 Å². The molecule has 1 atom stereocenters. The Balaban J connectivity index is 1.99. The highest BCUT2D eigenvalue weighted by molar-refractivity contribution is 7.89. The number of aromatic amines is 1. The van der Waals surface area contributed by atoms with Crippen LogP contribution < -0.4 is 4.72 Å². The third-order valence-corrected chi connectivity index (χ3v) is 6.52. The lowest BCUT2D eigenvalue weighted by Crippen LogP contribution is -2.47. The molecular weight excluding hydrogens is 408 g/mol. The molecule has 9 heteroatoms. The Morgan fingerprint density at radius 2 is 1.72 bits per heavy atom. The number of aryl methyl sites for hydroxylation is 3. The second-order valence-corrected chi connectivity index (χ2v) is 8.77. The maximum atomic E-state index is 13.8. The molecule has 3 rings (SSSR count). The summed E-state index contributed by atoms with van der Waals surface area (Å²) in [6, 6.07) is 4.91. The van der Waals surface area contributed by atoms with Gasteiger partial charge < -0.3 is 4.98 Å². The highest BCUT2D eigenvalue weighted by Crippen LogP contribution is 2.30. The van der Waals surface area contributed by atoms with E-state index in [0.717, 1.165) is 5.56 Å². The average Bonchev–Trinajstić information content (AvgIpc) is 2.96. The summed E-state index contributed by atoms with van der Waals surface area (Å²) in [4.78, 5) is 2.45. The summed E-state index contributed by atoms with van der Waals surface area (Å²) in [6.07, 6.45) is -4.24. The number of fused-ring (bicyclic) bond motifs is 1. The van der Waals surface area contributed by atoms with E-state index in [4.69, 9.17) is 0 Å². The van der Waals surface area contributed by atoms with Crippen LogP contribution in [0.4, 0.5) is 17.6 Å². The number of para-hydroxylation sites is 1. The van der Waals surface area contributed by atoms with Crippen molar-refractivity contribution in [3.8, 4) is 0 Å². The van der Waals surface area contributed by atoms with E-state index >= 15 is 0 Å². The molecular formula is C20H20F4N2O2S. The molecule has 0 aliphatic heterocycles. The molecule has 0 aliphatic carbocycles. The molecule has 0 saturated carbocycles. The monoisotopic (exact) mass is 428 g/mol. The molecule has 4 nitrogen and oxygen atoms in total. The predicted octanol–water partition coefficient (Wildman–Crippen LogP) is 4.68. The van der Waals surface area contributed by atoms with Gasteiger partial charge in [-0.2, -0.15) is 17.9 Å². The number of hydrogen-bond donors (Lipinski definition) is 2. The second kappa shape index (κ2) is 7.46. The lowest BCUT2D eigenvalue weighted by atomic mass is 10.1. The van der Waals surface area contributed by atoms with Gasteiger partial charge in [-0.3, -0.25) is 0 Å². The molecule has 0 radical (unpaired) electrons. The SMILES string of the molecule is Cc1cc(C)c(S(=O)(=O)NC(Cc2c[nH]c3c(F)cccc23)C(F)(F)F)c(C)c1. The molecule has 3 aromatic rings. The highest BCUT2D eigenvalue weighted by atomic mass is 32.2. The minimum Gasteiger partial charge on any atom is -0.359 e. The fourth-order valence-electron chi connectivity index (χ4n) is 3.63. The van der Waals surface area contributed by atoms with Crippen LogP contribution in [0, 0.1) is 26.6 Å². The second-order valence-electron chi connectivity index (χ2n) is 7.12. The Bertz CT molecular complexity index is 1140. The van der Waals surface area contributed by atoms with Crippen molar-refractivity contribution in [3.05, 3.63) is 64.6 Å². The number of halogens is 4. The van der Waals surface area contributed by atoms with Crippen LogP contribution in [0.15, 0.2) is 41.4 Å². The number of rotatable bonds is 5. The molecule has 2 aromatic carbocycles. The van der Waals surface area contributed by atoms with E-state index in [1.807, 2.05) is 4.72 Å². The zero-order valence-corrected chi connectivity index (χ0v) is 16.8. The normalized spacial score (nSPS) is 13.8. The molecule has 0 fully saturated rings. The van der Waals surface area contributed by atoms with E-state index in [0.29, 0.717) is 11.1 Å². The summed E-state index contributed by atoms with van der Waals surface area (Å²) < 4.78 is 82.3. The fourth-order valence-corrected chi connectivity index (χ4v) is 5.30. The van der Waals surface area contributed by atoms with Gasteiger partial charge in [-0.1, -0.05) is 29.8 Å². The van der Waals surface area contributed by atoms with E-state index < -0.39 is 34.5 Å². The van der Waals surface area contributed by atoms with Crippen LogP contribution >= 0.6 is 0 Å². The summed E-state index contributed by atoms with van der Waals surface area (Å²) in [7, 11) is -4.44. The highest BCUT2D eigenvalue weighted by Gasteiger charge is 2.43. The van der Waals surface area contributed by atoms with Gasteiger partial charge in [-0.05, 0) is 49.9 Å². The fraction of sp³-hybridized carbons (Fsp3) is 0.300. The van der Waals surface area contributed by atoms with E-state index in [9.17, 15) is 26.0 Å². The van der Waals surface area contributed by atoms with Crippen molar-refractivity contribution in [3.63, 3.8) is 0 Å². The minimum atomic E-state index is -4.84. The Labute approximate surface area is 166 Å². The molecule has 0 bridgehead atoms. The van der Waals surface area contributed by atoms with Crippen LogP contribution in [-0.4, -0.2) is 25.6 Å². The van der Waals surface area contributed by atoms with Gasteiger partial charge in [0.15, 0.2) is 0 Å². The van der Waals surface area contributed by atoms with Crippen molar-refractivity contribution in [1.29, 1.82) is 0 Å². The molecule has 1 aromatic heterocycles. The van der Waals surface area contributed by atoms with E-state index in [-0.39, 0.29) is 21.4 Å². The maximum absolute atomic E-state index is 13.8. The number of benzene rings is 2. The van der Waals surface area contributed by atoms with Gasteiger partial charge in [0.1, 0.15) is 11.9 Å². The van der Waals surface area contributed by atoms with Gasteiger partial charge >= 0.3 is 6.18 Å². The van der Waals surface area contributed by atoms with Crippen molar-refractivity contribution in [2.24, 2.45) is 0 Å². The smallest absolute Gasteiger partial charge is 0.359 e. The van der Waals surface area contributed by atoms with E-state index in [2.05, 4.69) is 4.98 Å². The molecule has 0 aliphatic rings. The molecule has 29 heavy (non-hydrogen) atoms. The Morgan fingerprint density at radius 1 is 1.10 bits per heavy atom. The van der Waals surface area contributed by atoms with Crippen LogP contribution in [-0.2, 0) is 16.4 Å². The molecule has 1 heterocycles. The average molecular weight is 428 g/mol. The van der Waals surface area contributed by atoms with Gasteiger partial charge in [0.25, 0.3) is 0 Å². The Hall–Kier alpha value is -2.39. The molecule has 156 valence electrons. The topological polar surface area (TPSA) is 62.0 Å². The largest absolute Gasteiger partial charge is 0.405 e. The van der Waals surface area contributed by atoms with Crippen molar-refractivity contribution in [2.75, 3.05) is 0 Å². The number of alkyl halides is 3. The van der Waals surface area contributed by atoms with Gasteiger partial charge in [0.2, 0.25) is 10.0 Å². The zero-order valence-electron chi connectivity index (χ0n) is 16.0. The van der Waals surface area contributed by atoms with Crippen LogP contribution in [0.1, 0.15) is 22.3 Å². The summed E-state index contributed by atoms with van der Waals surface area (Å²) in [5.74, 6) is -0.594. The first-order valence-electron chi connectivity index (χ1n) is 8.81. The Morgan fingerprint density at radius 3 is 2.31 bits per heavy atom. The van der Waals surface area contributed by atoms with Crippen molar-refractivity contribution in [2.45, 2.75) is 44.3 Å². The minimum absolute atomic E-state index is 0.0801. The van der Waals surface area contributed by atoms with E-state index in [1.54, 1.807) is 32.9 Å². The summed E-state index contributed by atoms with van der Waals surface area (Å²) >= 11 is 0. The third-order valence-electron chi connectivity index (χ3n) is 4.74. The van der Waals surface area contributed by atoms with Crippen LogP contribution in [0.25, 0.3) is 10.9 Å². The summed E-state index contributed by atoms with van der Waals surface area (Å²) in [5.41, 5.74) is 1.79. The number of sulfonamides is 1. The third kappa shape index (κ3) is 4.30. The maximum Gasteiger partial charge on any atom is 0.405 e. The first-order valence-corrected chi connectivity index (χ1v) is 10.3. The summed E-state index contributed by atoms with van der Waals surface area (Å²) in [6.45, 7) is 4.86. The lowest BCUT2D eigenvalue weighted by Gasteiger charge is -2.23. The quantitative estimate of drug-likeness (QED) is 0.580. The molecule has 1 unspecified atom stereocenters. The molecule has 0 saturated heterocycles. The van der Waals surface area contributed by atoms with Crippen molar-refractivity contribution in [1.82, 2.24) is 9.71 Å². The lowest BCUT2D eigenvalue weighted by molar-refractivity contribution is -0.150. The zero-order chi connectivity index (χ0) is 21.6. The van der Waals surface area contributed by atoms with Crippen LogP contribution in [0.2, 0.25) is 0 Å². The Kier molecular flexibility index (Phi) is 5.48. The summed E-state index contributed by atoms with van der Waals surface area (Å²) in [5, 5.41) is 0.279. The predicted molar refractivity (Wildman–Crippen MR) is 103 cm³/mol. The molecule has 0 amide bonds. The van der Waals surface area contributed by atoms with Gasteiger partial charge in [-0.25, -0.2) is 12.8 Å². The number of nitrogens with one attached hydrogen (secondary N) is 2. The van der Waals surface area contributed by atoms with Gasteiger partial charge in [-0.15, -0.1) is 0 Å². The molecule has 2 N–H and O–H groups in total. The van der Waals surface area contributed by atoms with Gasteiger partial charge in [0, 0.05) is 11.6 Å². The number of hydrogen-bond acceptors (Lipinski definition) is 2. The van der Waals surface area contributed by atoms with E-state index in [1.165, 1.54) is 24.4 Å². The van der Waals surface area contributed by atoms with Crippen LogP contribution in [0.5, 0.6) is 0 Å². The first kappa shape index (κ1) is 21.3. The number of H-pyrrole nitrogens is 1. The first-order chi connectivity index (χ1) is 13.4.